The van der Waals surface area contributed by atoms with Crippen LogP contribution in [-0.2, 0) is 9.59 Å². The molecule has 0 aromatic heterocycles. The number of thioether (sulfide) groups is 1. The molecule has 2 amide bonds. The minimum absolute atomic E-state index is 0.0312. The highest BCUT2D eigenvalue weighted by Crippen LogP contribution is 2.43. The number of carbonyl (C=O) groups is 2. The quantitative estimate of drug-likeness (QED) is 0.738. The summed E-state index contributed by atoms with van der Waals surface area (Å²) in [7, 11) is 0. The van der Waals surface area contributed by atoms with E-state index < -0.39 is 17.5 Å². The van der Waals surface area contributed by atoms with Gasteiger partial charge in [0.15, 0.2) is 0 Å². The molecule has 17 heavy (non-hydrogen) atoms. The minimum atomic E-state index is -0.806. The van der Waals surface area contributed by atoms with Crippen LogP contribution in [0.2, 0.25) is 0 Å². The summed E-state index contributed by atoms with van der Waals surface area (Å²) in [5.74, 6) is 0.428. The Labute approximate surface area is 105 Å². The van der Waals surface area contributed by atoms with Gasteiger partial charge in [0.25, 0.3) is 0 Å². The molecular weight excluding hydrogens is 238 g/mol. The Morgan fingerprint density at radius 1 is 1.65 bits per heavy atom. The van der Waals surface area contributed by atoms with Gasteiger partial charge in [0.05, 0.1) is 10.9 Å². The van der Waals surface area contributed by atoms with Crippen molar-refractivity contribution in [3.63, 3.8) is 0 Å². The van der Waals surface area contributed by atoms with Gasteiger partial charge in [-0.25, -0.2) is 0 Å². The van der Waals surface area contributed by atoms with Crippen molar-refractivity contribution < 1.29 is 9.59 Å². The maximum absolute atomic E-state index is 12.3. The summed E-state index contributed by atoms with van der Waals surface area (Å²) in [6.07, 6.45) is 1.28. The molecule has 0 spiro atoms. The lowest BCUT2D eigenvalue weighted by atomic mass is 9.88. The molecule has 0 saturated carbocycles. The van der Waals surface area contributed by atoms with Crippen LogP contribution in [-0.4, -0.2) is 39.4 Å². The predicted molar refractivity (Wildman–Crippen MR) is 67.1 cm³/mol. The van der Waals surface area contributed by atoms with Gasteiger partial charge in [-0.3, -0.25) is 9.59 Å². The highest BCUT2D eigenvalue weighted by Gasteiger charge is 2.55. The maximum atomic E-state index is 12.3. The minimum Gasteiger partial charge on any atom is -0.368 e. The van der Waals surface area contributed by atoms with Gasteiger partial charge < -0.3 is 16.4 Å². The summed E-state index contributed by atoms with van der Waals surface area (Å²) >= 11 is 1.61. The van der Waals surface area contributed by atoms with Crippen LogP contribution >= 0.6 is 11.8 Å². The molecule has 0 aromatic rings. The fraction of sp³-hybridized carbons (Fsp3) is 0.818. The molecule has 0 aromatic carbocycles. The number of amides is 2. The lowest BCUT2D eigenvalue weighted by Gasteiger charge is -2.26. The Hall–Kier alpha value is -0.750. The summed E-state index contributed by atoms with van der Waals surface area (Å²) in [6, 6.07) is -0.477. The van der Waals surface area contributed by atoms with Gasteiger partial charge in [0.1, 0.15) is 6.04 Å². The number of fused-ring (bicyclic) bond motifs is 1. The van der Waals surface area contributed by atoms with E-state index in [0.717, 1.165) is 0 Å². The average Bonchev–Trinajstić information content (AvgIpc) is 2.66. The van der Waals surface area contributed by atoms with Crippen LogP contribution in [0.4, 0.5) is 0 Å². The van der Waals surface area contributed by atoms with Crippen molar-refractivity contribution >= 4 is 23.6 Å². The lowest BCUT2D eigenvalue weighted by Crippen LogP contribution is -2.53. The van der Waals surface area contributed by atoms with Crippen LogP contribution in [0.15, 0.2) is 0 Å². The molecule has 2 saturated heterocycles. The van der Waals surface area contributed by atoms with E-state index in [2.05, 4.69) is 0 Å². The molecule has 6 heteroatoms. The second-order valence-corrected chi connectivity index (χ2v) is 6.59. The molecule has 3 atom stereocenters. The van der Waals surface area contributed by atoms with Crippen LogP contribution in [0.3, 0.4) is 0 Å². The summed E-state index contributed by atoms with van der Waals surface area (Å²) < 4.78 is 0. The number of primary amides is 1. The third-order valence-corrected chi connectivity index (χ3v) is 4.68. The molecular formula is C11H19N3O2S. The first-order chi connectivity index (χ1) is 7.85. The van der Waals surface area contributed by atoms with E-state index in [9.17, 15) is 9.59 Å². The van der Waals surface area contributed by atoms with Gasteiger partial charge in [-0.2, -0.15) is 0 Å². The normalized spacial score (nSPS) is 36.7. The predicted octanol–water partition coefficient (Wildman–Crippen LogP) is -0.111. The fourth-order valence-electron chi connectivity index (χ4n) is 2.77. The standard InChI is InChI=1S/C11H19N3O2S/c1-6(2)3-11(13)4-8-14(10(11)16)7(5-17-8)9(12)15/h6-8H,3-5,13H2,1-2H3,(H2,12,15)/t7-,8?,11+/m0/s1. The Morgan fingerprint density at radius 3 is 2.82 bits per heavy atom. The van der Waals surface area contributed by atoms with Crippen LogP contribution < -0.4 is 11.5 Å². The smallest absolute Gasteiger partial charge is 0.244 e. The van der Waals surface area contributed by atoms with Gasteiger partial charge in [0, 0.05) is 12.2 Å². The zero-order chi connectivity index (χ0) is 12.8. The zero-order valence-corrected chi connectivity index (χ0v) is 11.0. The highest BCUT2D eigenvalue weighted by molar-refractivity contribution is 8.00. The molecule has 2 rings (SSSR count). The van der Waals surface area contributed by atoms with Crippen LogP contribution in [0.1, 0.15) is 26.7 Å². The number of rotatable bonds is 3. The number of hydrogen-bond donors (Lipinski definition) is 2. The van der Waals surface area contributed by atoms with Crippen molar-refractivity contribution in [1.82, 2.24) is 4.90 Å². The average molecular weight is 257 g/mol. The maximum Gasteiger partial charge on any atom is 0.244 e. The third-order valence-electron chi connectivity index (χ3n) is 3.39. The monoisotopic (exact) mass is 257 g/mol. The van der Waals surface area contributed by atoms with E-state index >= 15 is 0 Å². The second kappa shape index (κ2) is 4.17. The van der Waals surface area contributed by atoms with Gasteiger partial charge in [0.2, 0.25) is 11.8 Å². The van der Waals surface area contributed by atoms with E-state index in [1.54, 1.807) is 16.7 Å². The first-order valence-corrected chi connectivity index (χ1v) is 6.92. The number of nitrogens with two attached hydrogens (primary N) is 2. The summed E-state index contributed by atoms with van der Waals surface area (Å²) in [6.45, 7) is 4.09. The SMILES string of the molecule is CC(C)C[C@@]1(N)CC2SC[C@@H](C(N)=O)N2C1=O. The molecule has 2 heterocycles. The number of nitrogens with zero attached hydrogens (tertiary/aromatic N) is 1. The molecule has 2 aliphatic heterocycles. The Morgan fingerprint density at radius 2 is 2.29 bits per heavy atom. The van der Waals surface area contributed by atoms with Crippen LogP contribution in [0, 0.1) is 5.92 Å². The Balaban J connectivity index is 2.20. The van der Waals surface area contributed by atoms with Crippen molar-refractivity contribution in [1.29, 1.82) is 0 Å². The van der Waals surface area contributed by atoms with E-state index in [1.165, 1.54) is 0 Å². The van der Waals surface area contributed by atoms with Gasteiger partial charge in [-0.05, 0) is 12.3 Å². The van der Waals surface area contributed by atoms with Gasteiger partial charge in [-0.15, -0.1) is 11.8 Å². The van der Waals surface area contributed by atoms with Crippen LogP contribution in [0.25, 0.3) is 0 Å². The summed E-state index contributed by atoms with van der Waals surface area (Å²) in [5.41, 5.74) is 10.7. The number of carbonyl (C=O) groups excluding carboxylic acids is 2. The molecule has 5 nitrogen and oxygen atoms in total. The summed E-state index contributed by atoms with van der Waals surface area (Å²) in [5, 5.41) is 0.0312. The topological polar surface area (TPSA) is 89.4 Å². The van der Waals surface area contributed by atoms with Gasteiger partial charge >= 0.3 is 0 Å². The molecule has 1 unspecified atom stereocenters. The van der Waals surface area contributed by atoms with E-state index in [1.807, 2.05) is 13.8 Å². The second-order valence-electron chi connectivity index (χ2n) is 5.38. The van der Waals surface area contributed by atoms with E-state index in [0.29, 0.717) is 24.5 Å². The molecule has 2 aliphatic rings. The number of hydrogen-bond acceptors (Lipinski definition) is 4. The lowest BCUT2D eigenvalue weighted by molar-refractivity contribution is -0.138. The molecule has 0 radical (unpaired) electrons. The first-order valence-electron chi connectivity index (χ1n) is 5.88. The first kappa shape index (κ1) is 12.7. The molecule has 4 N–H and O–H groups in total. The molecule has 0 bridgehead atoms. The molecule has 96 valence electrons. The molecule has 2 fully saturated rings. The third kappa shape index (κ3) is 2.04. The van der Waals surface area contributed by atoms with Crippen molar-refractivity contribution in [2.45, 2.75) is 43.6 Å². The van der Waals surface area contributed by atoms with Crippen molar-refractivity contribution in [3.05, 3.63) is 0 Å². The van der Waals surface area contributed by atoms with Crippen molar-refractivity contribution in [2.75, 3.05) is 5.75 Å². The van der Waals surface area contributed by atoms with Crippen LogP contribution in [0.5, 0.6) is 0 Å². The fourth-order valence-corrected chi connectivity index (χ4v) is 4.32. The van der Waals surface area contributed by atoms with Crippen molar-refractivity contribution in [3.8, 4) is 0 Å². The largest absolute Gasteiger partial charge is 0.368 e. The highest BCUT2D eigenvalue weighted by atomic mass is 32.2. The van der Waals surface area contributed by atoms with E-state index in [-0.39, 0.29) is 11.3 Å². The summed E-state index contributed by atoms with van der Waals surface area (Å²) in [4.78, 5) is 25.2. The Kier molecular flexibility index (Phi) is 3.12. The zero-order valence-electron chi connectivity index (χ0n) is 10.2. The van der Waals surface area contributed by atoms with Gasteiger partial charge in [-0.1, -0.05) is 13.8 Å². The molecule has 0 aliphatic carbocycles. The van der Waals surface area contributed by atoms with E-state index in [4.69, 9.17) is 11.5 Å². The van der Waals surface area contributed by atoms with Crippen molar-refractivity contribution in [2.24, 2.45) is 17.4 Å². The Bertz CT molecular complexity index is 361.